The molecule has 0 bridgehead atoms. The highest BCUT2D eigenvalue weighted by Gasteiger charge is 2.21. The summed E-state index contributed by atoms with van der Waals surface area (Å²) in [5.41, 5.74) is 0.414. The molecule has 82 valence electrons. The molecule has 0 unspecified atom stereocenters. The first kappa shape index (κ1) is 11.5. The Labute approximate surface area is 107 Å². The minimum Gasteiger partial charge on any atom is -0.466 e. The van der Waals surface area contributed by atoms with Crippen LogP contribution in [0.15, 0.2) is 22.8 Å². The second-order valence-corrected chi connectivity index (χ2v) is 3.71. The third-order valence-electron chi connectivity index (χ3n) is 2.08. The molecule has 0 aliphatic carbocycles. The SMILES string of the molecule is [C-]#[N+]c1c(Cl)nc(Cl)c(C#N)c1-c1ccco1. The standard InChI is InChI=1S/C11H3Cl2N3O/c1-15-9-8(7-3-2-4-17-7)6(5-14)10(12)16-11(9)13/h2-4H. The first-order chi connectivity index (χ1) is 8.19. The molecule has 4 nitrogen and oxygen atoms in total. The van der Waals surface area contributed by atoms with Crippen molar-refractivity contribution in [1.29, 1.82) is 5.26 Å². The molecule has 0 saturated carbocycles. The Morgan fingerprint density at radius 1 is 1.41 bits per heavy atom. The smallest absolute Gasteiger partial charge is 0.235 e. The highest BCUT2D eigenvalue weighted by atomic mass is 35.5. The molecule has 0 aliphatic heterocycles. The van der Waals surface area contributed by atoms with Crippen LogP contribution in [0.1, 0.15) is 5.56 Å². The first-order valence-electron chi connectivity index (χ1n) is 4.39. The summed E-state index contributed by atoms with van der Waals surface area (Å²) in [6.07, 6.45) is 1.44. The number of aromatic nitrogens is 1. The van der Waals surface area contributed by atoms with Crippen molar-refractivity contribution >= 4 is 28.9 Å². The van der Waals surface area contributed by atoms with Crippen molar-refractivity contribution in [3.63, 3.8) is 0 Å². The van der Waals surface area contributed by atoms with E-state index in [1.165, 1.54) is 6.26 Å². The number of nitrogens with zero attached hydrogens (tertiary/aromatic N) is 3. The largest absolute Gasteiger partial charge is 0.466 e. The van der Waals surface area contributed by atoms with Gasteiger partial charge in [0, 0.05) is 5.56 Å². The number of halogens is 2. The van der Waals surface area contributed by atoms with Crippen molar-refractivity contribution in [2.45, 2.75) is 0 Å². The molecular weight excluding hydrogens is 261 g/mol. The zero-order chi connectivity index (χ0) is 12.4. The van der Waals surface area contributed by atoms with Crippen LogP contribution in [-0.4, -0.2) is 4.98 Å². The topological polar surface area (TPSA) is 54.2 Å². The van der Waals surface area contributed by atoms with Crippen LogP contribution in [-0.2, 0) is 0 Å². The van der Waals surface area contributed by atoms with E-state index in [2.05, 4.69) is 9.83 Å². The number of pyridine rings is 1. The van der Waals surface area contributed by atoms with Crippen molar-refractivity contribution in [3.05, 3.63) is 45.7 Å². The molecule has 0 saturated heterocycles. The summed E-state index contributed by atoms with van der Waals surface area (Å²) < 4.78 is 5.18. The molecule has 0 N–H and O–H groups in total. The molecule has 0 amide bonds. The van der Waals surface area contributed by atoms with Gasteiger partial charge in [-0.3, -0.25) is 0 Å². The molecule has 0 spiro atoms. The van der Waals surface area contributed by atoms with Crippen LogP contribution in [0.2, 0.25) is 10.3 Å². The van der Waals surface area contributed by atoms with E-state index in [0.29, 0.717) is 5.76 Å². The fraction of sp³-hybridized carbons (Fsp3) is 0. The maximum absolute atomic E-state index is 9.05. The zero-order valence-corrected chi connectivity index (χ0v) is 9.75. The Morgan fingerprint density at radius 2 is 2.18 bits per heavy atom. The quantitative estimate of drug-likeness (QED) is 0.576. The second kappa shape index (κ2) is 4.47. The van der Waals surface area contributed by atoms with Crippen molar-refractivity contribution < 1.29 is 4.42 Å². The molecule has 0 fully saturated rings. The van der Waals surface area contributed by atoms with E-state index in [-0.39, 0.29) is 27.1 Å². The monoisotopic (exact) mass is 263 g/mol. The second-order valence-electron chi connectivity index (χ2n) is 2.99. The predicted molar refractivity (Wildman–Crippen MR) is 62.9 cm³/mol. The lowest BCUT2D eigenvalue weighted by atomic mass is 10.1. The van der Waals surface area contributed by atoms with Gasteiger partial charge in [-0.1, -0.05) is 23.2 Å². The minimum absolute atomic E-state index is 0.0451. The van der Waals surface area contributed by atoms with Crippen LogP contribution in [0.5, 0.6) is 0 Å². The van der Waals surface area contributed by atoms with Gasteiger partial charge >= 0.3 is 0 Å². The van der Waals surface area contributed by atoms with E-state index in [1.54, 1.807) is 12.1 Å². The Hall–Kier alpha value is -2.01. The van der Waals surface area contributed by atoms with E-state index < -0.39 is 0 Å². The third kappa shape index (κ3) is 1.85. The van der Waals surface area contributed by atoms with E-state index in [1.807, 2.05) is 6.07 Å². The van der Waals surface area contributed by atoms with E-state index in [0.717, 1.165) is 0 Å². The molecule has 2 aromatic heterocycles. The van der Waals surface area contributed by atoms with E-state index in [9.17, 15) is 0 Å². The van der Waals surface area contributed by atoms with Crippen LogP contribution in [0.25, 0.3) is 16.2 Å². The summed E-state index contributed by atoms with van der Waals surface area (Å²) in [5.74, 6) is 0.360. The number of hydrogen-bond donors (Lipinski definition) is 0. The molecular formula is C11H3Cl2N3O. The fourth-order valence-corrected chi connectivity index (χ4v) is 1.87. The molecule has 6 heteroatoms. The lowest BCUT2D eigenvalue weighted by Gasteiger charge is -2.06. The van der Waals surface area contributed by atoms with Gasteiger partial charge in [0.2, 0.25) is 5.69 Å². The summed E-state index contributed by atoms with van der Waals surface area (Å²) in [4.78, 5) is 7.00. The van der Waals surface area contributed by atoms with Gasteiger partial charge in [0.15, 0.2) is 0 Å². The lowest BCUT2D eigenvalue weighted by molar-refractivity contribution is 0.582. The average Bonchev–Trinajstić information content (AvgIpc) is 2.81. The van der Waals surface area contributed by atoms with Crippen LogP contribution in [0.4, 0.5) is 5.69 Å². The van der Waals surface area contributed by atoms with Crippen LogP contribution >= 0.6 is 23.2 Å². The van der Waals surface area contributed by atoms with Crippen LogP contribution in [0, 0.1) is 17.9 Å². The molecule has 0 atom stereocenters. The van der Waals surface area contributed by atoms with Gasteiger partial charge < -0.3 is 4.42 Å². The molecule has 2 aromatic rings. The summed E-state index contributed by atoms with van der Waals surface area (Å²) >= 11 is 11.6. The van der Waals surface area contributed by atoms with Gasteiger partial charge in [-0.15, -0.1) is 0 Å². The zero-order valence-electron chi connectivity index (χ0n) is 8.24. The van der Waals surface area contributed by atoms with Gasteiger partial charge in [0.25, 0.3) is 0 Å². The van der Waals surface area contributed by atoms with Crippen molar-refractivity contribution in [2.24, 2.45) is 0 Å². The van der Waals surface area contributed by atoms with Crippen LogP contribution in [0.3, 0.4) is 0 Å². The summed E-state index contributed by atoms with van der Waals surface area (Å²) in [7, 11) is 0. The maximum atomic E-state index is 9.05. The van der Waals surface area contributed by atoms with Gasteiger partial charge in [0.05, 0.1) is 18.4 Å². The van der Waals surface area contributed by atoms with Gasteiger partial charge in [-0.2, -0.15) is 5.26 Å². The van der Waals surface area contributed by atoms with E-state index in [4.69, 9.17) is 39.5 Å². The Morgan fingerprint density at radius 3 is 2.71 bits per heavy atom. The highest BCUT2D eigenvalue weighted by Crippen LogP contribution is 2.40. The fourth-order valence-electron chi connectivity index (χ4n) is 1.38. The molecule has 17 heavy (non-hydrogen) atoms. The van der Waals surface area contributed by atoms with Gasteiger partial charge in [0.1, 0.15) is 22.1 Å². The molecule has 2 heterocycles. The Kier molecular flexibility index (Phi) is 3.01. The average molecular weight is 264 g/mol. The molecule has 0 aromatic carbocycles. The number of hydrogen-bond acceptors (Lipinski definition) is 3. The predicted octanol–water partition coefficient (Wildman–Crippen LogP) is 4.07. The van der Waals surface area contributed by atoms with Crippen molar-refractivity contribution in [1.82, 2.24) is 4.98 Å². The number of nitriles is 1. The summed E-state index contributed by atoms with van der Waals surface area (Å²) in [6, 6.07) is 5.17. The molecule has 2 rings (SSSR count). The van der Waals surface area contributed by atoms with E-state index >= 15 is 0 Å². The number of rotatable bonds is 1. The van der Waals surface area contributed by atoms with Gasteiger partial charge in [-0.05, 0) is 12.1 Å². The highest BCUT2D eigenvalue weighted by molar-refractivity contribution is 6.36. The van der Waals surface area contributed by atoms with Gasteiger partial charge in [-0.25, -0.2) is 9.83 Å². The number of furan rings is 1. The molecule has 0 radical (unpaired) electrons. The minimum atomic E-state index is -0.0459. The summed E-state index contributed by atoms with van der Waals surface area (Å²) in [5, 5.41) is 8.96. The summed E-state index contributed by atoms with van der Waals surface area (Å²) in [6.45, 7) is 7.08. The Balaban J connectivity index is 2.89. The normalized spacial score (nSPS) is 9.65. The Bertz CT molecular complexity index is 613. The lowest BCUT2D eigenvalue weighted by Crippen LogP contribution is -1.90. The maximum Gasteiger partial charge on any atom is 0.235 e. The first-order valence-corrected chi connectivity index (χ1v) is 5.15. The third-order valence-corrected chi connectivity index (χ3v) is 2.61. The van der Waals surface area contributed by atoms with Crippen LogP contribution < -0.4 is 0 Å². The van der Waals surface area contributed by atoms with Crippen molar-refractivity contribution in [3.8, 4) is 17.4 Å². The molecule has 0 aliphatic rings. The van der Waals surface area contributed by atoms with Crippen molar-refractivity contribution in [2.75, 3.05) is 0 Å².